The van der Waals surface area contributed by atoms with Crippen molar-refractivity contribution >= 4 is 5.69 Å². The molecule has 1 unspecified atom stereocenters. The Morgan fingerprint density at radius 1 is 1.50 bits per heavy atom. The fraction of sp³-hybridized carbons (Fsp3) is 0.455. The molecule has 0 aliphatic carbocycles. The van der Waals surface area contributed by atoms with E-state index in [9.17, 15) is 4.39 Å². The zero-order valence-electron chi connectivity index (χ0n) is 8.59. The van der Waals surface area contributed by atoms with Crippen LogP contribution in [-0.4, -0.2) is 6.10 Å². The number of halogens is 1. The van der Waals surface area contributed by atoms with Gasteiger partial charge in [0.25, 0.3) is 0 Å². The highest BCUT2D eigenvalue weighted by molar-refractivity contribution is 5.46. The average molecular weight is 197 g/mol. The van der Waals surface area contributed by atoms with Crippen LogP contribution in [0.15, 0.2) is 18.2 Å². The number of benzene rings is 1. The quantitative estimate of drug-likeness (QED) is 0.753. The van der Waals surface area contributed by atoms with E-state index in [1.54, 1.807) is 6.07 Å². The Labute approximate surface area is 83.9 Å². The van der Waals surface area contributed by atoms with E-state index in [4.69, 9.17) is 10.5 Å². The summed E-state index contributed by atoms with van der Waals surface area (Å²) in [5.41, 5.74) is 6.96. The number of hydrogen-bond acceptors (Lipinski definition) is 2. The predicted octanol–water partition coefficient (Wildman–Crippen LogP) is 2.72. The van der Waals surface area contributed by atoms with E-state index in [2.05, 4.69) is 0 Å². The van der Waals surface area contributed by atoms with Gasteiger partial charge in [0.15, 0.2) is 0 Å². The lowest BCUT2D eigenvalue weighted by molar-refractivity contribution is 0.0510. The maximum atomic E-state index is 12.8. The van der Waals surface area contributed by atoms with E-state index in [1.165, 1.54) is 12.1 Å². The van der Waals surface area contributed by atoms with Crippen molar-refractivity contribution in [3.05, 3.63) is 29.6 Å². The highest BCUT2D eigenvalue weighted by Crippen LogP contribution is 2.15. The maximum absolute atomic E-state index is 12.8. The van der Waals surface area contributed by atoms with Gasteiger partial charge in [0.1, 0.15) is 5.82 Å². The second kappa shape index (κ2) is 4.96. The number of nitrogens with two attached hydrogens (primary N) is 1. The van der Waals surface area contributed by atoms with Gasteiger partial charge in [0.2, 0.25) is 0 Å². The van der Waals surface area contributed by atoms with Crippen LogP contribution in [-0.2, 0) is 11.3 Å². The van der Waals surface area contributed by atoms with Crippen molar-refractivity contribution in [2.24, 2.45) is 0 Å². The highest BCUT2D eigenvalue weighted by Gasteiger charge is 2.03. The molecule has 0 aliphatic heterocycles. The van der Waals surface area contributed by atoms with Crippen molar-refractivity contribution in [3.63, 3.8) is 0 Å². The molecule has 0 fully saturated rings. The first-order chi connectivity index (χ1) is 6.63. The van der Waals surface area contributed by atoms with Gasteiger partial charge < -0.3 is 10.5 Å². The summed E-state index contributed by atoms with van der Waals surface area (Å²) in [6, 6.07) is 4.32. The molecule has 1 rings (SSSR count). The molecule has 0 aliphatic rings. The van der Waals surface area contributed by atoms with Crippen molar-refractivity contribution in [2.45, 2.75) is 33.0 Å². The molecule has 0 bridgehead atoms. The molecule has 3 heteroatoms. The van der Waals surface area contributed by atoms with E-state index in [0.717, 1.165) is 6.42 Å². The summed E-state index contributed by atoms with van der Waals surface area (Å²) in [6.07, 6.45) is 1.12. The number of anilines is 1. The van der Waals surface area contributed by atoms with Crippen LogP contribution in [0.2, 0.25) is 0 Å². The second-order valence-corrected chi connectivity index (χ2v) is 3.37. The minimum Gasteiger partial charge on any atom is -0.398 e. The Bertz CT molecular complexity index is 301. The van der Waals surface area contributed by atoms with Gasteiger partial charge >= 0.3 is 0 Å². The summed E-state index contributed by atoms with van der Waals surface area (Å²) < 4.78 is 18.3. The lowest BCUT2D eigenvalue weighted by atomic mass is 10.2. The highest BCUT2D eigenvalue weighted by atomic mass is 19.1. The van der Waals surface area contributed by atoms with Crippen molar-refractivity contribution in [1.82, 2.24) is 0 Å². The molecule has 0 saturated heterocycles. The first-order valence-electron chi connectivity index (χ1n) is 4.79. The minimum atomic E-state index is -0.276. The van der Waals surface area contributed by atoms with Gasteiger partial charge in [0, 0.05) is 11.3 Å². The molecular weight excluding hydrogens is 181 g/mol. The first kappa shape index (κ1) is 11.0. The van der Waals surface area contributed by atoms with Crippen LogP contribution in [0.4, 0.5) is 10.1 Å². The second-order valence-electron chi connectivity index (χ2n) is 3.37. The van der Waals surface area contributed by atoms with Crippen LogP contribution < -0.4 is 5.73 Å². The molecule has 0 aromatic heterocycles. The van der Waals surface area contributed by atoms with Gasteiger partial charge in [-0.05, 0) is 31.5 Å². The molecule has 0 saturated carbocycles. The van der Waals surface area contributed by atoms with E-state index in [0.29, 0.717) is 17.9 Å². The summed E-state index contributed by atoms with van der Waals surface area (Å²) in [7, 11) is 0. The van der Waals surface area contributed by atoms with Gasteiger partial charge in [-0.2, -0.15) is 0 Å². The first-order valence-corrected chi connectivity index (χ1v) is 4.79. The van der Waals surface area contributed by atoms with Gasteiger partial charge in [-0.15, -0.1) is 0 Å². The molecular formula is C11H16FNO. The summed E-state index contributed by atoms with van der Waals surface area (Å²) >= 11 is 0. The molecule has 0 radical (unpaired) electrons. The maximum Gasteiger partial charge on any atom is 0.123 e. The third kappa shape index (κ3) is 3.00. The summed E-state index contributed by atoms with van der Waals surface area (Å²) in [5, 5.41) is 0. The monoisotopic (exact) mass is 197 g/mol. The molecule has 78 valence electrons. The third-order valence-electron chi connectivity index (χ3n) is 2.20. The number of hydrogen-bond donors (Lipinski definition) is 1. The fourth-order valence-electron chi connectivity index (χ4n) is 1.05. The lowest BCUT2D eigenvalue weighted by Crippen LogP contribution is -2.07. The molecule has 0 amide bonds. The van der Waals surface area contributed by atoms with Gasteiger partial charge in [-0.1, -0.05) is 6.92 Å². The van der Waals surface area contributed by atoms with Crippen LogP contribution in [0.1, 0.15) is 25.8 Å². The van der Waals surface area contributed by atoms with Crippen LogP contribution in [0.5, 0.6) is 0 Å². The van der Waals surface area contributed by atoms with Gasteiger partial charge in [-0.3, -0.25) is 0 Å². The average Bonchev–Trinajstić information content (AvgIpc) is 2.19. The SMILES string of the molecule is CCC(C)OCc1cc(F)ccc1N. The van der Waals surface area contributed by atoms with Crippen LogP contribution in [0, 0.1) is 5.82 Å². The van der Waals surface area contributed by atoms with Gasteiger partial charge in [0.05, 0.1) is 12.7 Å². The van der Waals surface area contributed by atoms with E-state index in [1.807, 2.05) is 13.8 Å². The molecule has 2 N–H and O–H groups in total. The standard InChI is InChI=1S/C11H16FNO/c1-3-8(2)14-7-9-6-10(12)4-5-11(9)13/h4-6,8H,3,7,13H2,1-2H3. The summed E-state index contributed by atoms with van der Waals surface area (Å²) in [5.74, 6) is -0.276. The topological polar surface area (TPSA) is 35.2 Å². The molecule has 1 aromatic carbocycles. The number of rotatable bonds is 4. The zero-order valence-corrected chi connectivity index (χ0v) is 8.59. The molecule has 14 heavy (non-hydrogen) atoms. The van der Waals surface area contributed by atoms with Gasteiger partial charge in [-0.25, -0.2) is 4.39 Å². The predicted molar refractivity (Wildman–Crippen MR) is 55.4 cm³/mol. The van der Waals surface area contributed by atoms with Crippen molar-refractivity contribution < 1.29 is 9.13 Å². The van der Waals surface area contributed by atoms with Crippen molar-refractivity contribution in [3.8, 4) is 0 Å². The van der Waals surface area contributed by atoms with Crippen molar-refractivity contribution in [1.29, 1.82) is 0 Å². The Kier molecular flexibility index (Phi) is 3.89. The number of ether oxygens (including phenoxy) is 1. The molecule has 0 heterocycles. The normalized spacial score (nSPS) is 12.8. The Morgan fingerprint density at radius 2 is 2.21 bits per heavy atom. The third-order valence-corrected chi connectivity index (χ3v) is 2.20. The fourth-order valence-corrected chi connectivity index (χ4v) is 1.05. The summed E-state index contributed by atoms with van der Waals surface area (Å²) in [6.45, 7) is 4.40. The Balaban J connectivity index is 2.62. The zero-order chi connectivity index (χ0) is 10.6. The van der Waals surface area contributed by atoms with E-state index in [-0.39, 0.29) is 11.9 Å². The van der Waals surface area contributed by atoms with Crippen LogP contribution in [0.25, 0.3) is 0 Å². The Hall–Kier alpha value is -1.09. The minimum absolute atomic E-state index is 0.178. The summed E-state index contributed by atoms with van der Waals surface area (Å²) in [4.78, 5) is 0. The number of nitrogen functional groups attached to an aromatic ring is 1. The smallest absolute Gasteiger partial charge is 0.123 e. The Morgan fingerprint density at radius 3 is 2.86 bits per heavy atom. The van der Waals surface area contributed by atoms with E-state index >= 15 is 0 Å². The van der Waals surface area contributed by atoms with Crippen LogP contribution in [0.3, 0.4) is 0 Å². The van der Waals surface area contributed by atoms with Crippen molar-refractivity contribution in [2.75, 3.05) is 5.73 Å². The largest absolute Gasteiger partial charge is 0.398 e. The molecule has 1 atom stereocenters. The molecule has 1 aromatic rings. The molecule has 0 spiro atoms. The lowest BCUT2D eigenvalue weighted by Gasteiger charge is -2.11. The van der Waals surface area contributed by atoms with Crippen LogP contribution >= 0.6 is 0 Å². The van der Waals surface area contributed by atoms with E-state index < -0.39 is 0 Å². The molecule has 2 nitrogen and oxygen atoms in total.